The molecule has 2 aliphatic rings. The summed E-state index contributed by atoms with van der Waals surface area (Å²) >= 11 is 0. The van der Waals surface area contributed by atoms with E-state index in [1.54, 1.807) is 6.92 Å². The Hall–Kier alpha value is -2.59. The number of halogens is 3. The number of nitrogens with zero attached hydrogens (tertiary/aromatic N) is 2. The fourth-order valence-electron chi connectivity index (χ4n) is 4.04. The van der Waals surface area contributed by atoms with Gasteiger partial charge in [0.25, 0.3) is 0 Å². The Morgan fingerprint density at radius 2 is 1.88 bits per heavy atom. The third-order valence-corrected chi connectivity index (χ3v) is 5.63. The molecule has 2 amide bonds. The van der Waals surface area contributed by atoms with Crippen molar-refractivity contribution in [1.29, 1.82) is 0 Å². The second kappa shape index (κ2) is 10.4. The van der Waals surface area contributed by atoms with E-state index in [4.69, 9.17) is 4.74 Å². The molecule has 10 heteroatoms. The van der Waals surface area contributed by atoms with Gasteiger partial charge < -0.3 is 15.4 Å². The van der Waals surface area contributed by atoms with E-state index >= 15 is 0 Å². The van der Waals surface area contributed by atoms with Gasteiger partial charge in [0.05, 0.1) is 23.8 Å². The highest BCUT2D eigenvalue weighted by atomic mass is 19.4. The topological polar surface area (TPSA) is 73.9 Å². The lowest BCUT2D eigenvalue weighted by Crippen LogP contribution is -2.51. The molecule has 1 fully saturated rings. The summed E-state index contributed by atoms with van der Waals surface area (Å²) in [5.41, 5.74) is 0.379. The number of carbonyl (C=O) groups excluding carboxylic acids is 2. The van der Waals surface area contributed by atoms with Crippen molar-refractivity contribution < 1.29 is 27.5 Å². The molecule has 32 heavy (non-hydrogen) atoms. The number of likely N-dealkylation sites (N-methyl/N-ethyl adjacent to an activating group) is 1. The molecule has 0 spiro atoms. The van der Waals surface area contributed by atoms with Gasteiger partial charge in [-0.1, -0.05) is 12.1 Å². The van der Waals surface area contributed by atoms with E-state index in [-0.39, 0.29) is 12.2 Å². The highest BCUT2D eigenvalue weighted by Crippen LogP contribution is 2.34. The van der Waals surface area contributed by atoms with Crippen molar-refractivity contribution in [3.8, 4) is 0 Å². The predicted octanol–water partition coefficient (Wildman–Crippen LogP) is 2.90. The first-order valence-electron chi connectivity index (χ1n) is 10.8. The molecular formula is C22H29F3N4O3. The van der Waals surface area contributed by atoms with Crippen LogP contribution < -0.4 is 10.6 Å². The van der Waals surface area contributed by atoms with Crippen molar-refractivity contribution in [2.75, 3.05) is 45.9 Å². The van der Waals surface area contributed by atoms with Crippen molar-refractivity contribution in [2.24, 2.45) is 0 Å². The van der Waals surface area contributed by atoms with Crippen LogP contribution in [0.2, 0.25) is 0 Å². The molecule has 0 saturated carbocycles. The van der Waals surface area contributed by atoms with Gasteiger partial charge in [-0.25, -0.2) is 9.59 Å². The molecular weight excluding hydrogens is 425 g/mol. The van der Waals surface area contributed by atoms with Crippen LogP contribution in [-0.4, -0.2) is 67.7 Å². The molecule has 0 aliphatic carbocycles. The lowest BCUT2D eigenvalue weighted by molar-refractivity contribution is -0.139. The van der Waals surface area contributed by atoms with Gasteiger partial charge >= 0.3 is 18.2 Å². The molecule has 1 unspecified atom stereocenters. The molecule has 0 radical (unpaired) electrons. The van der Waals surface area contributed by atoms with Gasteiger partial charge in [0.2, 0.25) is 0 Å². The number of ether oxygens (including phenoxy) is 1. The van der Waals surface area contributed by atoms with Crippen LogP contribution in [0.1, 0.15) is 37.4 Å². The molecule has 7 nitrogen and oxygen atoms in total. The van der Waals surface area contributed by atoms with Crippen molar-refractivity contribution in [3.05, 3.63) is 46.7 Å². The molecule has 176 valence electrons. The van der Waals surface area contributed by atoms with E-state index in [0.717, 1.165) is 44.7 Å². The van der Waals surface area contributed by atoms with Crippen LogP contribution in [0.15, 0.2) is 35.5 Å². The second-order valence-corrected chi connectivity index (χ2v) is 7.71. The summed E-state index contributed by atoms with van der Waals surface area (Å²) in [5, 5.41) is 6.10. The molecule has 1 atom stereocenters. The third kappa shape index (κ3) is 5.42. The number of esters is 1. The van der Waals surface area contributed by atoms with Crippen molar-refractivity contribution >= 4 is 12.0 Å². The summed E-state index contributed by atoms with van der Waals surface area (Å²) in [6.07, 6.45) is -3.54. The van der Waals surface area contributed by atoms with Crippen molar-refractivity contribution in [2.45, 2.75) is 32.5 Å². The number of rotatable bonds is 6. The fourth-order valence-corrected chi connectivity index (χ4v) is 4.04. The van der Waals surface area contributed by atoms with E-state index in [1.165, 1.54) is 17.0 Å². The second-order valence-electron chi connectivity index (χ2n) is 7.71. The minimum atomic E-state index is -4.47. The Bertz CT molecular complexity index is 847. The summed E-state index contributed by atoms with van der Waals surface area (Å²) in [5.74, 6) is -0.584. The number of urea groups is 1. The van der Waals surface area contributed by atoms with E-state index in [1.807, 2.05) is 6.92 Å². The predicted molar refractivity (Wildman–Crippen MR) is 113 cm³/mol. The lowest BCUT2D eigenvalue weighted by Gasteiger charge is -2.38. The van der Waals surface area contributed by atoms with Gasteiger partial charge in [-0.15, -0.1) is 0 Å². The Morgan fingerprint density at radius 3 is 2.50 bits per heavy atom. The van der Waals surface area contributed by atoms with Crippen LogP contribution in [-0.2, 0) is 15.7 Å². The minimum absolute atomic E-state index is 0.142. The number of benzene rings is 1. The fraction of sp³-hybridized carbons (Fsp3) is 0.545. The van der Waals surface area contributed by atoms with E-state index in [9.17, 15) is 22.8 Å². The average Bonchev–Trinajstić information content (AvgIpc) is 3.02. The van der Waals surface area contributed by atoms with Gasteiger partial charge in [-0.3, -0.25) is 9.80 Å². The maximum atomic E-state index is 13.0. The van der Waals surface area contributed by atoms with Crippen LogP contribution in [0.5, 0.6) is 0 Å². The van der Waals surface area contributed by atoms with Gasteiger partial charge in [0, 0.05) is 31.9 Å². The molecule has 3 rings (SSSR count). The first-order chi connectivity index (χ1) is 15.3. The minimum Gasteiger partial charge on any atom is -0.463 e. The number of amides is 2. The number of nitrogens with one attached hydrogen (secondary N) is 2. The number of alkyl halides is 3. The monoisotopic (exact) mass is 454 g/mol. The third-order valence-electron chi connectivity index (χ3n) is 5.63. The first kappa shape index (κ1) is 24.1. The summed E-state index contributed by atoms with van der Waals surface area (Å²) in [6.45, 7) is 7.60. The zero-order chi connectivity index (χ0) is 23.3. The van der Waals surface area contributed by atoms with Gasteiger partial charge in [0.15, 0.2) is 0 Å². The molecule has 2 N–H and O–H groups in total. The summed E-state index contributed by atoms with van der Waals surface area (Å²) in [4.78, 5) is 29.6. The maximum Gasteiger partial charge on any atom is 0.416 e. The zero-order valence-electron chi connectivity index (χ0n) is 18.3. The summed E-state index contributed by atoms with van der Waals surface area (Å²) < 4.78 is 44.3. The number of carbonyl (C=O) groups is 2. The highest BCUT2D eigenvalue weighted by Gasteiger charge is 2.39. The maximum absolute atomic E-state index is 13.0. The Labute approximate surface area is 185 Å². The van der Waals surface area contributed by atoms with Crippen LogP contribution in [0.25, 0.3) is 0 Å². The molecule has 0 bridgehead atoms. The molecule has 1 aromatic rings. The van der Waals surface area contributed by atoms with Crippen LogP contribution in [0.3, 0.4) is 0 Å². The SMILES string of the molecule is CCOC(=O)C1=C(CN2CCCNCC2)N(CC)C(=O)NC1c1ccc(C(F)(F)F)cc1. The Balaban J connectivity index is 2.05. The molecule has 2 heterocycles. The first-order valence-corrected chi connectivity index (χ1v) is 10.8. The molecule has 1 aromatic carbocycles. The van der Waals surface area contributed by atoms with Crippen molar-refractivity contribution in [1.82, 2.24) is 20.4 Å². The smallest absolute Gasteiger partial charge is 0.416 e. The quantitative estimate of drug-likeness (QED) is 0.647. The van der Waals surface area contributed by atoms with Crippen LogP contribution in [0.4, 0.5) is 18.0 Å². The van der Waals surface area contributed by atoms with Gasteiger partial charge in [-0.2, -0.15) is 13.2 Å². The Morgan fingerprint density at radius 1 is 1.16 bits per heavy atom. The normalized spacial score (nSPS) is 20.7. The summed E-state index contributed by atoms with van der Waals surface area (Å²) in [7, 11) is 0. The van der Waals surface area contributed by atoms with E-state index in [2.05, 4.69) is 15.5 Å². The number of hydrogen-bond acceptors (Lipinski definition) is 5. The van der Waals surface area contributed by atoms with Gasteiger partial charge in [-0.05, 0) is 51.1 Å². The van der Waals surface area contributed by atoms with Crippen LogP contribution >= 0.6 is 0 Å². The Kier molecular flexibility index (Phi) is 7.78. The molecule has 1 saturated heterocycles. The van der Waals surface area contributed by atoms with Crippen molar-refractivity contribution in [3.63, 3.8) is 0 Å². The highest BCUT2D eigenvalue weighted by molar-refractivity contribution is 5.95. The van der Waals surface area contributed by atoms with Gasteiger partial charge in [0.1, 0.15) is 0 Å². The zero-order valence-corrected chi connectivity index (χ0v) is 18.3. The van der Waals surface area contributed by atoms with E-state index < -0.39 is 29.8 Å². The van der Waals surface area contributed by atoms with E-state index in [0.29, 0.717) is 24.4 Å². The molecule has 0 aromatic heterocycles. The molecule has 2 aliphatic heterocycles. The number of hydrogen-bond donors (Lipinski definition) is 2. The standard InChI is InChI=1S/C22H29F3N4O3/c1-3-29-17(14-28-12-5-10-26-11-13-28)18(20(30)32-4-2)19(27-21(29)31)15-6-8-16(9-7-15)22(23,24)25/h6-9,19,26H,3-5,10-14H2,1-2H3,(H,27,31). The largest absolute Gasteiger partial charge is 0.463 e. The van der Waals surface area contributed by atoms with Crippen LogP contribution in [0, 0.1) is 0 Å². The average molecular weight is 454 g/mol. The lowest BCUT2D eigenvalue weighted by atomic mass is 9.93. The summed E-state index contributed by atoms with van der Waals surface area (Å²) in [6, 6.07) is 3.21.